The van der Waals surface area contributed by atoms with Crippen LogP contribution in [0.5, 0.6) is 5.88 Å². The van der Waals surface area contributed by atoms with Gasteiger partial charge < -0.3 is 4.74 Å². The molecule has 6 rings (SSSR count). The number of ether oxygens (including phenoxy) is 1. The number of nitrogens with zero attached hydrogens (tertiary/aromatic N) is 4. The maximum Gasteiger partial charge on any atom is 0.216 e. The summed E-state index contributed by atoms with van der Waals surface area (Å²) in [6.07, 6.45) is 6.64. The smallest absolute Gasteiger partial charge is 0.216 e. The van der Waals surface area contributed by atoms with Crippen LogP contribution in [0.3, 0.4) is 0 Å². The lowest BCUT2D eigenvalue weighted by atomic mass is 9.95. The zero-order chi connectivity index (χ0) is 20.8. The van der Waals surface area contributed by atoms with Gasteiger partial charge in [0.25, 0.3) is 0 Å². The van der Waals surface area contributed by atoms with Crippen molar-refractivity contribution in [3.8, 4) is 17.3 Å². The maximum absolute atomic E-state index is 6.55. The molecule has 0 bridgehead atoms. The molecule has 4 heterocycles. The highest BCUT2D eigenvalue weighted by molar-refractivity contribution is 6.35. The molecule has 0 N–H and O–H groups in total. The number of pyridine rings is 1. The molecule has 31 heavy (non-hydrogen) atoms. The average molecular weight is 431 g/mol. The van der Waals surface area contributed by atoms with Crippen molar-refractivity contribution >= 4 is 33.4 Å². The molecule has 0 aliphatic carbocycles. The third-order valence-corrected chi connectivity index (χ3v) is 7.14. The maximum atomic E-state index is 6.55. The minimum Gasteiger partial charge on any atom is -0.476 e. The van der Waals surface area contributed by atoms with E-state index in [1.165, 1.54) is 38.8 Å². The molecule has 2 aliphatic heterocycles. The highest BCUT2D eigenvalue weighted by atomic mass is 35.5. The van der Waals surface area contributed by atoms with Gasteiger partial charge in [0, 0.05) is 17.8 Å². The van der Waals surface area contributed by atoms with Gasteiger partial charge in [-0.25, -0.2) is 9.97 Å². The lowest BCUT2D eigenvalue weighted by molar-refractivity contribution is 0.111. The van der Waals surface area contributed by atoms with Gasteiger partial charge in [-0.15, -0.1) is 0 Å². The SMILES string of the molecule is Clc1cc(OCC23CCCN2CCC3)nc2nc(-c3cccc4ccccc34)ncc12. The van der Waals surface area contributed by atoms with Crippen molar-refractivity contribution < 1.29 is 4.74 Å². The summed E-state index contributed by atoms with van der Waals surface area (Å²) in [5.74, 6) is 1.18. The molecule has 156 valence electrons. The van der Waals surface area contributed by atoms with Gasteiger partial charge in [0.05, 0.1) is 15.9 Å². The van der Waals surface area contributed by atoms with Crippen LogP contribution in [-0.2, 0) is 0 Å². The molecule has 0 spiro atoms. The summed E-state index contributed by atoms with van der Waals surface area (Å²) in [5, 5.41) is 3.57. The summed E-state index contributed by atoms with van der Waals surface area (Å²) >= 11 is 6.55. The molecular weight excluding hydrogens is 408 g/mol. The first kappa shape index (κ1) is 19.0. The number of halogens is 1. The van der Waals surface area contributed by atoms with E-state index in [-0.39, 0.29) is 5.54 Å². The van der Waals surface area contributed by atoms with Crippen LogP contribution in [0.15, 0.2) is 54.7 Å². The van der Waals surface area contributed by atoms with Gasteiger partial charge in [0.2, 0.25) is 5.88 Å². The predicted molar refractivity (Wildman–Crippen MR) is 124 cm³/mol. The number of aromatic nitrogens is 3. The second-order valence-electron chi connectivity index (χ2n) is 8.61. The van der Waals surface area contributed by atoms with Crippen LogP contribution in [0.2, 0.25) is 5.02 Å². The first-order valence-electron chi connectivity index (χ1n) is 10.9. The van der Waals surface area contributed by atoms with Gasteiger partial charge in [0.1, 0.15) is 6.61 Å². The van der Waals surface area contributed by atoms with Gasteiger partial charge in [-0.2, -0.15) is 4.98 Å². The Morgan fingerprint density at radius 2 is 1.77 bits per heavy atom. The minimum atomic E-state index is 0.170. The number of rotatable bonds is 4. The third kappa shape index (κ3) is 3.24. The first-order chi connectivity index (χ1) is 15.2. The highest BCUT2D eigenvalue weighted by Crippen LogP contribution is 2.39. The molecule has 0 unspecified atom stereocenters. The summed E-state index contributed by atoms with van der Waals surface area (Å²) < 4.78 is 6.20. The van der Waals surface area contributed by atoms with Crippen molar-refractivity contribution in [2.75, 3.05) is 19.7 Å². The van der Waals surface area contributed by atoms with Crippen LogP contribution in [0.4, 0.5) is 0 Å². The number of benzene rings is 2. The van der Waals surface area contributed by atoms with E-state index in [1.807, 2.05) is 24.3 Å². The molecule has 0 radical (unpaired) electrons. The molecule has 4 aromatic rings. The Morgan fingerprint density at radius 3 is 2.65 bits per heavy atom. The van der Waals surface area contributed by atoms with Crippen LogP contribution in [0.1, 0.15) is 25.7 Å². The molecule has 2 aromatic heterocycles. The number of hydrogen-bond donors (Lipinski definition) is 0. The van der Waals surface area contributed by atoms with Gasteiger partial charge in [0.15, 0.2) is 11.5 Å². The molecule has 6 heteroatoms. The Labute approximate surface area is 186 Å². The molecule has 5 nitrogen and oxygen atoms in total. The zero-order valence-electron chi connectivity index (χ0n) is 17.2. The van der Waals surface area contributed by atoms with Crippen molar-refractivity contribution in [1.82, 2.24) is 19.9 Å². The average Bonchev–Trinajstić information content (AvgIpc) is 3.37. The Hall–Kier alpha value is -2.76. The predicted octanol–water partition coefficient (Wildman–Crippen LogP) is 5.51. The largest absolute Gasteiger partial charge is 0.476 e. The summed E-state index contributed by atoms with van der Waals surface area (Å²) in [4.78, 5) is 16.6. The van der Waals surface area contributed by atoms with E-state index in [4.69, 9.17) is 26.3 Å². The quantitative estimate of drug-likeness (QED) is 0.427. The van der Waals surface area contributed by atoms with Crippen molar-refractivity contribution in [3.63, 3.8) is 0 Å². The molecule has 0 amide bonds. The van der Waals surface area contributed by atoms with E-state index in [2.05, 4.69) is 28.1 Å². The zero-order valence-corrected chi connectivity index (χ0v) is 18.0. The molecule has 0 saturated carbocycles. The highest BCUT2D eigenvalue weighted by Gasteiger charge is 2.44. The van der Waals surface area contributed by atoms with Gasteiger partial charge >= 0.3 is 0 Å². The van der Waals surface area contributed by atoms with E-state index in [0.29, 0.717) is 29.0 Å². The van der Waals surface area contributed by atoms with E-state index >= 15 is 0 Å². The molecule has 2 fully saturated rings. The Balaban J connectivity index is 1.36. The Kier molecular flexibility index (Phi) is 4.55. The molecule has 2 aliphatic rings. The fraction of sp³-hybridized carbons (Fsp3) is 0.320. The summed E-state index contributed by atoms with van der Waals surface area (Å²) in [7, 11) is 0. The monoisotopic (exact) mass is 430 g/mol. The normalized spacial score (nSPS) is 18.0. The van der Waals surface area contributed by atoms with Crippen LogP contribution in [0.25, 0.3) is 33.2 Å². The molecule has 0 atom stereocenters. The van der Waals surface area contributed by atoms with E-state index < -0.39 is 0 Å². The van der Waals surface area contributed by atoms with Crippen molar-refractivity contribution in [2.24, 2.45) is 0 Å². The van der Waals surface area contributed by atoms with Crippen LogP contribution < -0.4 is 4.74 Å². The molecule has 2 saturated heterocycles. The van der Waals surface area contributed by atoms with Crippen LogP contribution in [0, 0.1) is 0 Å². The lowest BCUT2D eigenvalue weighted by Gasteiger charge is -2.31. The standard InChI is InChI=1S/C25H23ClN4O/c26-21-14-22(31-16-25-10-4-12-30(25)13-5-11-25)28-24-20(21)15-27-23(29-24)19-9-3-7-17-6-1-2-8-18(17)19/h1-3,6-9,14-15H,4-5,10-13,16H2. The number of hydrogen-bond acceptors (Lipinski definition) is 5. The van der Waals surface area contributed by atoms with Crippen LogP contribution in [-0.4, -0.2) is 45.1 Å². The summed E-state index contributed by atoms with van der Waals surface area (Å²) in [6.45, 7) is 3.01. The molecular formula is C25H23ClN4O. The van der Waals surface area contributed by atoms with Crippen molar-refractivity contribution in [3.05, 3.63) is 59.8 Å². The second-order valence-corrected chi connectivity index (χ2v) is 9.01. The van der Waals surface area contributed by atoms with E-state index in [1.54, 1.807) is 12.3 Å². The number of fused-ring (bicyclic) bond motifs is 3. The van der Waals surface area contributed by atoms with Gasteiger partial charge in [-0.05, 0) is 49.5 Å². The second kappa shape index (κ2) is 7.43. The fourth-order valence-electron chi connectivity index (χ4n) is 5.24. The lowest BCUT2D eigenvalue weighted by Crippen LogP contribution is -2.43. The summed E-state index contributed by atoms with van der Waals surface area (Å²) in [6, 6.07) is 16.2. The Bertz CT molecular complexity index is 1280. The Morgan fingerprint density at radius 1 is 0.968 bits per heavy atom. The van der Waals surface area contributed by atoms with E-state index in [9.17, 15) is 0 Å². The third-order valence-electron chi connectivity index (χ3n) is 6.82. The topological polar surface area (TPSA) is 51.1 Å². The van der Waals surface area contributed by atoms with Crippen molar-refractivity contribution in [1.29, 1.82) is 0 Å². The first-order valence-corrected chi connectivity index (χ1v) is 11.3. The molecule has 2 aromatic carbocycles. The van der Waals surface area contributed by atoms with Gasteiger partial charge in [-0.1, -0.05) is 54.1 Å². The van der Waals surface area contributed by atoms with Gasteiger partial charge in [-0.3, -0.25) is 4.90 Å². The van der Waals surface area contributed by atoms with Crippen LogP contribution >= 0.6 is 11.6 Å². The van der Waals surface area contributed by atoms with E-state index in [0.717, 1.165) is 21.7 Å². The summed E-state index contributed by atoms with van der Waals surface area (Å²) in [5.41, 5.74) is 1.71. The minimum absolute atomic E-state index is 0.170. The fourth-order valence-corrected chi connectivity index (χ4v) is 5.47. The van der Waals surface area contributed by atoms with Crippen molar-refractivity contribution in [2.45, 2.75) is 31.2 Å².